The number of oxime groups is 1. The van der Waals surface area contributed by atoms with E-state index < -0.39 is 0 Å². The van der Waals surface area contributed by atoms with Crippen LogP contribution >= 0.6 is 23.2 Å². The van der Waals surface area contributed by atoms with Gasteiger partial charge in [-0.05, 0) is 35.9 Å². The lowest BCUT2D eigenvalue weighted by atomic mass is 10.2. The second-order valence-electron chi connectivity index (χ2n) is 3.84. The summed E-state index contributed by atoms with van der Waals surface area (Å²) in [4.78, 5) is 5.13. The van der Waals surface area contributed by atoms with Gasteiger partial charge in [0.25, 0.3) is 0 Å². The number of phenols is 1. The lowest BCUT2D eigenvalue weighted by molar-refractivity contribution is 0.132. The van der Waals surface area contributed by atoms with E-state index >= 15 is 0 Å². The van der Waals surface area contributed by atoms with Gasteiger partial charge in [-0.3, -0.25) is 0 Å². The summed E-state index contributed by atoms with van der Waals surface area (Å²) in [5, 5.41) is 14.5. The Bertz CT molecular complexity index is 600. The second-order valence-corrected chi connectivity index (χ2v) is 4.71. The number of hydrogen-bond donors (Lipinski definition) is 1. The Kier molecular flexibility index (Phi) is 4.66. The van der Waals surface area contributed by atoms with E-state index in [9.17, 15) is 5.11 Å². The Hall–Kier alpha value is -1.71. The number of benzene rings is 2. The smallest absolute Gasteiger partial charge is 0.142 e. The normalized spacial score (nSPS) is 10.8. The highest BCUT2D eigenvalue weighted by Gasteiger charge is 1.99. The van der Waals surface area contributed by atoms with Gasteiger partial charge in [0.15, 0.2) is 0 Å². The molecule has 2 aromatic carbocycles. The lowest BCUT2D eigenvalue weighted by Gasteiger charge is -2.01. The first-order valence-corrected chi connectivity index (χ1v) is 6.29. The highest BCUT2D eigenvalue weighted by molar-refractivity contribution is 6.31. The summed E-state index contributed by atoms with van der Waals surface area (Å²) in [6.45, 7) is 0.304. The van der Waals surface area contributed by atoms with E-state index in [-0.39, 0.29) is 5.75 Å². The van der Waals surface area contributed by atoms with Crippen molar-refractivity contribution in [3.8, 4) is 5.75 Å². The first kappa shape index (κ1) is 13.7. The Morgan fingerprint density at radius 2 is 1.89 bits per heavy atom. The van der Waals surface area contributed by atoms with Crippen LogP contribution in [-0.4, -0.2) is 11.3 Å². The van der Waals surface area contributed by atoms with Gasteiger partial charge in [0.05, 0.1) is 6.21 Å². The fourth-order valence-electron chi connectivity index (χ4n) is 1.46. The van der Waals surface area contributed by atoms with Gasteiger partial charge < -0.3 is 9.94 Å². The summed E-state index contributed by atoms with van der Waals surface area (Å²) in [7, 11) is 0. The van der Waals surface area contributed by atoms with Crippen LogP contribution in [0.2, 0.25) is 10.0 Å². The van der Waals surface area contributed by atoms with Gasteiger partial charge in [0, 0.05) is 15.6 Å². The maximum atomic E-state index is 9.56. The fraction of sp³-hybridized carbons (Fsp3) is 0.0714. The summed E-state index contributed by atoms with van der Waals surface area (Å²) in [5.41, 5.74) is 1.42. The zero-order valence-electron chi connectivity index (χ0n) is 9.88. The summed E-state index contributed by atoms with van der Waals surface area (Å²) >= 11 is 11.7. The van der Waals surface area contributed by atoms with Crippen LogP contribution in [0.15, 0.2) is 47.6 Å². The zero-order chi connectivity index (χ0) is 13.7. The van der Waals surface area contributed by atoms with Crippen molar-refractivity contribution < 1.29 is 9.94 Å². The van der Waals surface area contributed by atoms with Crippen molar-refractivity contribution in [2.24, 2.45) is 5.16 Å². The van der Waals surface area contributed by atoms with Gasteiger partial charge in [-0.1, -0.05) is 40.5 Å². The molecule has 0 fully saturated rings. The molecule has 0 radical (unpaired) electrons. The average molecular weight is 296 g/mol. The standard InChI is InChI=1S/C14H11Cl2NO2/c15-12-3-1-2-10(6-12)9-19-17-8-11-7-13(16)4-5-14(11)18/h1-8,18H,9H2. The molecular formula is C14H11Cl2NO2. The molecule has 0 aliphatic heterocycles. The third-order valence-corrected chi connectivity index (χ3v) is 2.85. The van der Waals surface area contributed by atoms with Gasteiger partial charge >= 0.3 is 0 Å². The van der Waals surface area contributed by atoms with E-state index in [0.29, 0.717) is 22.2 Å². The molecule has 0 aromatic heterocycles. The molecule has 2 rings (SSSR count). The molecule has 0 saturated heterocycles. The van der Waals surface area contributed by atoms with Gasteiger partial charge in [0.1, 0.15) is 12.4 Å². The topological polar surface area (TPSA) is 41.8 Å². The molecule has 0 amide bonds. The van der Waals surface area contributed by atoms with Crippen LogP contribution in [0.5, 0.6) is 5.75 Å². The predicted molar refractivity (Wildman–Crippen MR) is 77.0 cm³/mol. The van der Waals surface area contributed by atoms with Gasteiger partial charge in [0.2, 0.25) is 0 Å². The minimum Gasteiger partial charge on any atom is -0.507 e. The summed E-state index contributed by atoms with van der Waals surface area (Å²) in [5.74, 6) is 0.0968. The lowest BCUT2D eigenvalue weighted by Crippen LogP contribution is -1.88. The van der Waals surface area contributed by atoms with Crippen molar-refractivity contribution in [2.75, 3.05) is 0 Å². The van der Waals surface area contributed by atoms with E-state index in [1.54, 1.807) is 24.3 Å². The third-order valence-electron chi connectivity index (χ3n) is 2.38. The number of halogens is 2. The van der Waals surface area contributed by atoms with Crippen LogP contribution in [0.4, 0.5) is 0 Å². The van der Waals surface area contributed by atoms with E-state index in [1.165, 1.54) is 12.3 Å². The summed E-state index contributed by atoms with van der Waals surface area (Å²) in [6, 6.07) is 12.0. The Labute approximate surface area is 121 Å². The Morgan fingerprint density at radius 1 is 1.11 bits per heavy atom. The molecule has 0 spiro atoms. The van der Waals surface area contributed by atoms with Crippen LogP contribution in [0.1, 0.15) is 11.1 Å². The molecule has 0 aliphatic rings. The fourth-order valence-corrected chi connectivity index (χ4v) is 1.85. The maximum absolute atomic E-state index is 9.56. The highest BCUT2D eigenvalue weighted by atomic mass is 35.5. The maximum Gasteiger partial charge on any atom is 0.142 e. The minimum absolute atomic E-state index is 0.0968. The van der Waals surface area contributed by atoms with Crippen molar-refractivity contribution in [3.63, 3.8) is 0 Å². The molecule has 2 aromatic rings. The Balaban J connectivity index is 1.95. The SMILES string of the molecule is Oc1ccc(Cl)cc1C=NOCc1cccc(Cl)c1. The van der Waals surface area contributed by atoms with Crippen molar-refractivity contribution in [3.05, 3.63) is 63.6 Å². The Morgan fingerprint density at radius 3 is 2.68 bits per heavy atom. The van der Waals surface area contributed by atoms with E-state index in [0.717, 1.165) is 5.56 Å². The molecule has 0 aliphatic carbocycles. The van der Waals surface area contributed by atoms with Crippen LogP contribution in [-0.2, 0) is 11.4 Å². The number of rotatable bonds is 4. The molecule has 0 bridgehead atoms. The average Bonchev–Trinajstić information content (AvgIpc) is 2.39. The van der Waals surface area contributed by atoms with E-state index in [4.69, 9.17) is 28.0 Å². The summed E-state index contributed by atoms with van der Waals surface area (Å²) in [6.07, 6.45) is 1.41. The minimum atomic E-state index is 0.0968. The molecule has 0 unspecified atom stereocenters. The molecule has 98 valence electrons. The number of phenolic OH excluding ortho intramolecular Hbond substituents is 1. The number of nitrogens with zero attached hydrogens (tertiary/aromatic N) is 1. The van der Waals surface area contributed by atoms with Crippen LogP contribution in [0.25, 0.3) is 0 Å². The first-order valence-electron chi connectivity index (χ1n) is 5.53. The van der Waals surface area contributed by atoms with Gasteiger partial charge in [-0.15, -0.1) is 0 Å². The summed E-state index contributed by atoms with van der Waals surface area (Å²) < 4.78 is 0. The van der Waals surface area contributed by atoms with Crippen molar-refractivity contribution in [2.45, 2.75) is 6.61 Å². The monoisotopic (exact) mass is 295 g/mol. The largest absolute Gasteiger partial charge is 0.507 e. The van der Waals surface area contributed by atoms with E-state index in [2.05, 4.69) is 5.16 Å². The molecule has 19 heavy (non-hydrogen) atoms. The first-order chi connectivity index (χ1) is 9.15. The molecule has 5 heteroatoms. The molecule has 3 nitrogen and oxygen atoms in total. The molecular weight excluding hydrogens is 285 g/mol. The predicted octanol–water partition coefficient (Wildman–Crippen LogP) is 4.25. The molecule has 0 atom stereocenters. The van der Waals surface area contributed by atoms with Crippen LogP contribution in [0.3, 0.4) is 0 Å². The van der Waals surface area contributed by atoms with Crippen LogP contribution in [0, 0.1) is 0 Å². The van der Waals surface area contributed by atoms with Crippen molar-refractivity contribution >= 4 is 29.4 Å². The molecule has 1 N–H and O–H groups in total. The second kappa shape index (κ2) is 6.45. The van der Waals surface area contributed by atoms with E-state index in [1.807, 2.05) is 12.1 Å². The van der Waals surface area contributed by atoms with Crippen molar-refractivity contribution in [1.29, 1.82) is 0 Å². The van der Waals surface area contributed by atoms with Crippen molar-refractivity contribution in [1.82, 2.24) is 0 Å². The van der Waals surface area contributed by atoms with Gasteiger partial charge in [-0.2, -0.15) is 0 Å². The highest BCUT2D eigenvalue weighted by Crippen LogP contribution is 2.19. The number of aromatic hydroxyl groups is 1. The molecule has 0 saturated carbocycles. The van der Waals surface area contributed by atoms with Crippen LogP contribution < -0.4 is 0 Å². The third kappa shape index (κ3) is 4.16. The van der Waals surface area contributed by atoms with Gasteiger partial charge in [-0.25, -0.2) is 0 Å². The zero-order valence-corrected chi connectivity index (χ0v) is 11.4. The quantitative estimate of drug-likeness (QED) is 0.677. The number of hydrogen-bond acceptors (Lipinski definition) is 3. The molecule has 0 heterocycles.